The predicted octanol–water partition coefficient (Wildman–Crippen LogP) is 2.36. The van der Waals surface area contributed by atoms with Crippen molar-refractivity contribution in [2.75, 3.05) is 11.1 Å². The van der Waals surface area contributed by atoms with E-state index in [9.17, 15) is 22.0 Å². The smallest absolute Gasteiger partial charge is 0.274 e. The minimum atomic E-state index is -3.64. The number of halogens is 2. The first-order valence-electron chi connectivity index (χ1n) is 8.89. The maximum Gasteiger partial charge on any atom is 0.274 e. The highest BCUT2D eigenvalue weighted by Crippen LogP contribution is 2.49. The normalized spacial score (nSPS) is 24.0. The molecular formula is C19H18F2N4O3S. The summed E-state index contributed by atoms with van der Waals surface area (Å²) in [4.78, 5) is 16.0. The van der Waals surface area contributed by atoms with Crippen LogP contribution in [0.1, 0.15) is 35.8 Å². The second kappa shape index (κ2) is 6.31. The molecule has 2 fully saturated rings. The van der Waals surface area contributed by atoms with Gasteiger partial charge in [-0.25, -0.2) is 22.2 Å². The van der Waals surface area contributed by atoms with Crippen LogP contribution in [0.2, 0.25) is 0 Å². The number of nitrogens with one attached hydrogen (secondary N) is 3. The number of hydrogen-bond acceptors (Lipinski definition) is 5. The molecule has 1 amide bonds. The third-order valence-electron chi connectivity index (χ3n) is 5.41. The van der Waals surface area contributed by atoms with E-state index in [1.54, 1.807) is 0 Å². The van der Waals surface area contributed by atoms with E-state index >= 15 is 0 Å². The second-order valence-corrected chi connectivity index (χ2v) is 9.90. The number of pyridine rings is 1. The van der Waals surface area contributed by atoms with E-state index in [4.69, 9.17) is 5.41 Å². The van der Waals surface area contributed by atoms with Gasteiger partial charge in [-0.2, -0.15) is 0 Å². The zero-order valence-corrected chi connectivity index (χ0v) is 16.2. The molecule has 2 aromatic rings. The van der Waals surface area contributed by atoms with Crippen molar-refractivity contribution in [2.45, 2.75) is 30.1 Å². The molecule has 1 aromatic carbocycles. The van der Waals surface area contributed by atoms with Gasteiger partial charge in [0.1, 0.15) is 27.9 Å². The van der Waals surface area contributed by atoms with E-state index < -0.39 is 37.7 Å². The molecular weight excluding hydrogens is 402 g/mol. The number of carbonyl (C=O) groups is 1. The number of sulfone groups is 1. The first kappa shape index (κ1) is 19.4. The molecule has 0 unspecified atom stereocenters. The van der Waals surface area contributed by atoms with Crippen LogP contribution in [0.4, 0.5) is 14.5 Å². The van der Waals surface area contributed by atoms with Gasteiger partial charge in [-0.1, -0.05) is 0 Å². The summed E-state index contributed by atoms with van der Waals surface area (Å²) in [5, 5.41) is 13.6. The Balaban J connectivity index is 1.64. The number of aromatic nitrogens is 1. The molecule has 1 saturated carbocycles. The van der Waals surface area contributed by atoms with Crippen molar-refractivity contribution in [1.29, 1.82) is 5.41 Å². The molecule has 4 rings (SSSR count). The fraction of sp³-hybridized carbons (Fsp3) is 0.316. The summed E-state index contributed by atoms with van der Waals surface area (Å²) in [5.41, 5.74) is -1.15. The highest BCUT2D eigenvalue weighted by atomic mass is 32.2. The molecule has 10 heteroatoms. The lowest BCUT2D eigenvalue weighted by Gasteiger charge is -2.40. The number of hydrogen-bond donors (Lipinski definition) is 3. The van der Waals surface area contributed by atoms with Gasteiger partial charge in [0.2, 0.25) is 0 Å². The van der Waals surface area contributed by atoms with E-state index in [1.807, 2.05) is 0 Å². The average Bonchev–Trinajstić information content (AvgIpc) is 3.44. The standard InChI is InChI=1S/C19H18F2N4O3S/c1-18(10-29(27,28)19(6-7-19)17(22)25-18)13-8-12(3-4-14(13)21)24-16(26)15-5-2-11(20)9-23-15/h2-5,8-9H,6-7,10H2,1H3,(H2,22,25)(H,24,26)/t18-/m0/s1. The van der Waals surface area contributed by atoms with Gasteiger partial charge >= 0.3 is 0 Å². The van der Waals surface area contributed by atoms with Crippen LogP contribution in [0.5, 0.6) is 0 Å². The van der Waals surface area contributed by atoms with E-state index in [2.05, 4.69) is 15.6 Å². The van der Waals surface area contributed by atoms with Gasteiger partial charge in [0.25, 0.3) is 5.91 Å². The third kappa shape index (κ3) is 3.17. The Hall–Kier alpha value is -2.88. The monoisotopic (exact) mass is 420 g/mol. The van der Waals surface area contributed by atoms with Gasteiger partial charge < -0.3 is 10.6 Å². The van der Waals surface area contributed by atoms with Crippen molar-refractivity contribution >= 4 is 27.3 Å². The minimum absolute atomic E-state index is 0.0196. The topological polar surface area (TPSA) is 112 Å². The lowest BCUT2D eigenvalue weighted by Crippen LogP contribution is -2.61. The van der Waals surface area contributed by atoms with Crippen LogP contribution in [-0.4, -0.2) is 35.6 Å². The van der Waals surface area contributed by atoms with Gasteiger partial charge in [-0.15, -0.1) is 0 Å². The van der Waals surface area contributed by atoms with Crippen molar-refractivity contribution in [3.05, 3.63) is 59.4 Å². The maximum atomic E-state index is 14.6. The Kier molecular flexibility index (Phi) is 4.23. The van der Waals surface area contributed by atoms with E-state index in [0.717, 1.165) is 18.3 Å². The summed E-state index contributed by atoms with van der Waals surface area (Å²) in [6, 6.07) is 6.08. The number of benzene rings is 1. The quantitative estimate of drug-likeness (QED) is 0.706. The van der Waals surface area contributed by atoms with Crippen LogP contribution in [0.25, 0.3) is 0 Å². The van der Waals surface area contributed by atoms with Gasteiger partial charge in [-0.3, -0.25) is 10.2 Å². The third-order valence-corrected chi connectivity index (χ3v) is 8.17. The number of nitrogens with zero attached hydrogens (tertiary/aromatic N) is 1. The minimum Gasteiger partial charge on any atom is -0.362 e. The molecule has 2 aliphatic rings. The number of rotatable bonds is 3. The van der Waals surface area contributed by atoms with Crippen LogP contribution in [0.3, 0.4) is 0 Å². The Labute approximate surface area is 166 Å². The summed E-state index contributed by atoms with van der Waals surface area (Å²) >= 11 is 0. The number of anilines is 1. The summed E-state index contributed by atoms with van der Waals surface area (Å²) in [6.45, 7) is 1.51. The molecule has 3 N–H and O–H groups in total. The van der Waals surface area contributed by atoms with Crippen LogP contribution >= 0.6 is 0 Å². The number of amides is 1. The number of amidine groups is 1. The van der Waals surface area contributed by atoms with Gasteiger partial charge in [0, 0.05) is 11.3 Å². The zero-order chi connectivity index (χ0) is 21.0. The fourth-order valence-electron chi connectivity index (χ4n) is 3.65. The molecule has 1 aliphatic heterocycles. The Morgan fingerprint density at radius 3 is 2.55 bits per heavy atom. The Morgan fingerprint density at radius 2 is 1.97 bits per heavy atom. The molecule has 7 nitrogen and oxygen atoms in total. The molecule has 0 bridgehead atoms. The van der Waals surface area contributed by atoms with Crippen LogP contribution in [0, 0.1) is 17.0 Å². The molecule has 1 aliphatic carbocycles. The molecule has 1 atom stereocenters. The zero-order valence-electron chi connectivity index (χ0n) is 15.4. The van der Waals surface area contributed by atoms with Crippen molar-refractivity contribution in [1.82, 2.24) is 10.3 Å². The summed E-state index contributed by atoms with van der Waals surface area (Å²) < 4.78 is 51.9. The van der Waals surface area contributed by atoms with Crippen molar-refractivity contribution in [3.8, 4) is 0 Å². The SMILES string of the molecule is C[C@@]1(c2cc(NC(=O)c3ccc(F)cn3)ccc2F)CS(=O)(=O)C2(CC2)C(=N)N1. The first-order chi connectivity index (χ1) is 13.6. The highest BCUT2D eigenvalue weighted by molar-refractivity contribution is 7.94. The Morgan fingerprint density at radius 1 is 1.24 bits per heavy atom. The average molecular weight is 420 g/mol. The van der Waals surface area contributed by atoms with Crippen molar-refractivity contribution < 1.29 is 22.0 Å². The highest BCUT2D eigenvalue weighted by Gasteiger charge is 2.63. The van der Waals surface area contributed by atoms with Gasteiger partial charge in [0.15, 0.2) is 9.84 Å². The van der Waals surface area contributed by atoms with Gasteiger partial charge in [0.05, 0.1) is 17.5 Å². The van der Waals surface area contributed by atoms with Crippen molar-refractivity contribution in [2.24, 2.45) is 0 Å². The second-order valence-electron chi connectivity index (χ2n) is 7.60. The molecule has 1 aromatic heterocycles. The van der Waals surface area contributed by atoms with E-state index in [-0.39, 0.29) is 28.5 Å². The van der Waals surface area contributed by atoms with Crippen molar-refractivity contribution in [3.63, 3.8) is 0 Å². The molecule has 1 saturated heterocycles. The van der Waals surface area contributed by atoms with Gasteiger partial charge in [-0.05, 0) is 50.1 Å². The molecule has 29 heavy (non-hydrogen) atoms. The van der Waals surface area contributed by atoms with E-state index in [0.29, 0.717) is 12.8 Å². The molecule has 1 spiro atoms. The van der Waals surface area contributed by atoms with E-state index in [1.165, 1.54) is 25.1 Å². The van der Waals surface area contributed by atoms with Crippen LogP contribution in [0.15, 0.2) is 36.5 Å². The predicted molar refractivity (Wildman–Crippen MR) is 103 cm³/mol. The first-order valence-corrected chi connectivity index (χ1v) is 10.5. The lowest BCUT2D eigenvalue weighted by molar-refractivity contribution is 0.102. The van der Waals surface area contributed by atoms with Crippen LogP contribution in [-0.2, 0) is 15.4 Å². The number of carbonyl (C=O) groups excluding carboxylic acids is 1. The molecule has 0 radical (unpaired) electrons. The Bertz CT molecular complexity index is 1130. The largest absolute Gasteiger partial charge is 0.362 e. The van der Waals surface area contributed by atoms with Crippen LogP contribution < -0.4 is 10.6 Å². The summed E-state index contributed by atoms with van der Waals surface area (Å²) in [7, 11) is -3.64. The molecule has 2 heterocycles. The lowest BCUT2D eigenvalue weighted by atomic mass is 9.92. The maximum absolute atomic E-state index is 14.6. The molecule has 152 valence electrons. The fourth-order valence-corrected chi connectivity index (χ4v) is 6.00. The summed E-state index contributed by atoms with van der Waals surface area (Å²) in [6.07, 6.45) is 1.68. The summed E-state index contributed by atoms with van der Waals surface area (Å²) in [5.74, 6) is -2.36.